The summed E-state index contributed by atoms with van der Waals surface area (Å²) in [5.41, 5.74) is 7.39. The summed E-state index contributed by atoms with van der Waals surface area (Å²) < 4.78 is 40.3. The van der Waals surface area contributed by atoms with Gasteiger partial charge in [-0.25, -0.2) is 22.5 Å². The molecule has 0 atom stereocenters. The third kappa shape index (κ3) is 3.09. The molecule has 5 nitrogen and oxygen atoms in total. The lowest BCUT2D eigenvalue weighted by atomic mass is 10.3. The summed E-state index contributed by atoms with van der Waals surface area (Å²) in [5.74, 6) is -1.01. The van der Waals surface area contributed by atoms with Crippen molar-refractivity contribution in [2.45, 2.75) is 18.4 Å². The zero-order chi connectivity index (χ0) is 14.9. The highest BCUT2D eigenvalue weighted by Crippen LogP contribution is 2.25. The van der Waals surface area contributed by atoms with Crippen LogP contribution in [0.3, 0.4) is 0 Å². The summed E-state index contributed by atoms with van der Waals surface area (Å²) in [4.78, 5) is 4.19. The average molecular weight is 336 g/mol. The standard InChI is InChI=1S/C11H11ClFN3O2S2/c1-6-9(19-5-15-6)4-16-20(17,18)10-3-7(12)2-8(14)11(10)13/h2-3,5,16H,4,14H2,1H3. The second-order valence-electron chi connectivity index (χ2n) is 3.99. The van der Waals surface area contributed by atoms with Gasteiger partial charge in [0.1, 0.15) is 4.90 Å². The molecule has 3 N–H and O–H groups in total. The topological polar surface area (TPSA) is 85.1 Å². The summed E-state index contributed by atoms with van der Waals surface area (Å²) in [7, 11) is -4.04. The maximum atomic E-state index is 13.8. The number of anilines is 1. The molecule has 0 unspecified atom stereocenters. The first-order chi connectivity index (χ1) is 9.31. The van der Waals surface area contributed by atoms with Crippen LogP contribution in [0.5, 0.6) is 0 Å². The molecule has 108 valence electrons. The first-order valence-corrected chi connectivity index (χ1v) is 8.18. The van der Waals surface area contributed by atoms with Crippen molar-refractivity contribution in [2.24, 2.45) is 0 Å². The van der Waals surface area contributed by atoms with Gasteiger partial charge >= 0.3 is 0 Å². The molecule has 20 heavy (non-hydrogen) atoms. The van der Waals surface area contributed by atoms with Gasteiger partial charge in [-0.1, -0.05) is 11.6 Å². The van der Waals surface area contributed by atoms with Crippen LogP contribution in [0.2, 0.25) is 5.02 Å². The Morgan fingerprint density at radius 1 is 1.50 bits per heavy atom. The number of hydrogen-bond acceptors (Lipinski definition) is 5. The Labute approximate surface area is 124 Å². The molecule has 0 amide bonds. The van der Waals surface area contributed by atoms with Gasteiger partial charge in [-0.15, -0.1) is 11.3 Å². The second kappa shape index (κ2) is 5.65. The number of sulfonamides is 1. The molecule has 0 saturated carbocycles. The SMILES string of the molecule is Cc1ncsc1CNS(=O)(=O)c1cc(Cl)cc(N)c1F. The van der Waals surface area contributed by atoms with E-state index in [4.69, 9.17) is 17.3 Å². The molecule has 2 aromatic rings. The largest absolute Gasteiger partial charge is 0.396 e. The van der Waals surface area contributed by atoms with Gasteiger partial charge in [0.15, 0.2) is 5.82 Å². The van der Waals surface area contributed by atoms with Gasteiger partial charge < -0.3 is 5.73 Å². The molecule has 0 radical (unpaired) electrons. The van der Waals surface area contributed by atoms with Crippen LogP contribution in [-0.4, -0.2) is 13.4 Å². The molecule has 0 saturated heterocycles. The molecule has 0 aliphatic rings. The summed E-state index contributed by atoms with van der Waals surface area (Å²) >= 11 is 7.02. The van der Waals surface area contributed by atoms with Crippen LogP contribution in [0.1, 0.15) is 10.6 Å². The molecule has 1 aromatic heterocycles. The van der Waals surface area contributed by atoms with Crippen LogP contribution in [0.25, 0.3) is 0 Å². The molecular formula is C11H11ClFN3O2S2. The second-order valence-corrected chi connectivity index (χ2v) is 7.10. The summed E-state index contributed by atoms with van der Waals surface area (Å²) in [6.45, 7) is 1.79. The molecule has 9 heteroatoms. The maximum absolute atomic E-state index is 13.8. The molecule has 0 spiro atoms. The van der Waals surface area contributed by atoms with E-state index >= 15 is 0 Å². The number of thiazole rings is 1. The van der Waals surface area contributed by atoms with Gasteiger partial charge in [-0.3, -0.25) is 0 Å². The van der Waals surface area contributed by atoms with Crippen LogP contribution < -0.4 is 10.5 Å². The molecule has 0 fully saturated rings. The lowest BCUT2D eigenvalue weighted by molar-refractivity contribution is 0.559. The number of nitrogen functional groups attached to an aromatic ring is 1. The van der Waals surface area contributed by atoms with Crippen molar-refractivity contribution in [3.05, 3.63) is 39.1 Å². The summed E-state index contributed by atoms with van der Waals surface area (Å²) in [6, 6.07) is 2.18. The van der Waals surface area contributed by atoms with Crippen LogP contribution in [0, 0.1) is 12.7 Å². The number of aryl methyl sites for hydroxylation is 1. The minimum Gasteiger partial charge on any atom is -0.396 e. The Balaban J connectivity index is 2.29. The van der Waals surface area contributed by atoms with E-state index in [0.29, 0.717) is 0 Å². The van der Waals surface area contributed by atoms with Crippen molar-refractivity contribution in [3.8, 4) is 0 Å². The van der Waals surface area contributed by atoms with E-state index in [1.165, 1.54) is 11.3 Å². The Bertz CT molecular complexity index is 746. The number of aromatic nitrogens is 1. The van der Waals surface area contributed by atoms with Crippen molar-refractivity contribution in [3.63, 3.8) is 0 Å². The van der Waals surface area contributed by atoms with E-state index in [1.807, 2.05) is 0 Å². The highest BCUT2D eigenvalue weighted by Gasteiger charge is 2.22. The fourth-order valence-electron chi connectivity index (χ4n) is 1.51. The van der Waals surface area contributed by atoms with E-state index in [0.717, 1.165) is 22.7 Å². The molecule has 1 heterocycles. The minimum atomic E-state index is -4.04. The number of hydrogen-bond donors (Lipinski definition) is 2. The van der Waals surface area contributed by atoms with E-state index < -0.39 is 20.7 Å². The number of rotatable bonds is 4. The van der Waals surface area contributed by atoms with Crippen molar-refractivity contribution < 1.29 is 12.8 Å². The van der Waals surface area contributed by atoms with Gasteiger partial charge in [-0.05, 0) is 19.1 Å². The van der Waals surface area contributed by atoms with Gasteiger partial charge in [-0.2, -0.15) is 0 Å². The fourth-order valence-corrected chi connectivity index (χ4v) is 3.74. The van der Waals surface area contributed by atoms with Gasteiger partial charge in [0.2, 0.25) is 10.0 Å². The van der Waals surface area contributed by atoms with Crippen molar-refractivity contribution >= 4 is 38.6 Å². The zero-order valence-corrected chi connectivity index (χ0v) is 12.7. The highest BCUT2D eigenvalue weighted by molar-refractivity contribution is 7.89. The van der Waals surface area contributed by atoms with Crippen LogP contribution >= 0.6 is 22.9 Å². The number of nitrogens with zero attached hydrogens (tertiary/aromatic N) is 1. The van der Waals surface area contributed by atoms with Crippen LogP contribution in [0.15, 0.2) is 22.5 Å². The molecule has 0 aliphatic carbocycles. The zero-order valence-electron chi connectivity index (χ0n) is 10.4. The van der Waals surface area contributed by atoms with E-state index in [9.17, 15) is 12.8 Å². The van der Waals surface area contributed by atoms with E-state index in [2.05, 4.69) is 9.71 Å². The van der Waals surface area contributed by atoms with Crippen molar-refractivity contribution in [2.75, 3.05) is 5.73 Å². The Hall–Kier alpha value is -1.22. The van der Waals surface area contributed by atoms with Crippen molar-refractivity contribution in [1.29, 1.82) is 0 Å². The quantitative estimate of drug-likeness (QED) is 0.840. The number of nitrogens with two attached hydrogens (primary N) is 1. The lowest BCUT2D eigenvalue weighted by Gasteiger charge is -2.09. The highest BCUT2D eigenvalue weighted by atomic mass is 35.5. The normalized spacial score (nSPS) is 11.8. The maximum Gasteiger partial charge on any atom is 0.243 e. The predicted octanol–water partition coefficient (Wildman–Crippen LogP) is 2.30. The predicted molar refractivity (Wildman–Crippen MR) is 76.7 cm³/mol. The molecule has 0 bridgehead atoms. The molecule has 0 aliphatic heterocycles. The lowest BCUT2D eigenvalue weighted by Crippen LogP contribution is -2.24. The number of nitrogens with one attached hydrogen (secondary N) is 1. The average Bonchev–Trinajstić information content (AvgIpc) is 2.77. The molecule has 1 aromatic carbocycles. The number of halogens is 2. The van der Waals surface area contributed by atoms with Crippen molar-refractivity contribution in [1.82, 2.24) is 9.71 Å². The smallest absolute Gasteiger partial charge is 0.243 e. The Kier molecular flexibility index (Phi) is 4.28. The first kappa shape index (κ1) is 15.2. The monoisotopic (exact) mass is 335 g/mol. The van der Waals surface area contributed by atoms with Crippen LogP contribution in [0.4, 0.5) is 10.1 Å². The van der Waals surface area contributed by atoms with Crippen LogP contribution in [-0.2, 0) is 16.6 Å². The Morgan fingerprint density at radius 3 is 2.80 bits per heavy atom. The molecule has 2 rings (SSSR count). The van der Waals surface area contributed by atoms with E-state index in [1.54, 1.807) is 12.4 Å². The minimum absolute atomic E-state index is 0.0324. The molecular weight excluding hydrogens is 325 g/mol. The third-order valence-electron chi connectivity index (χ3n) is 2.59. The van der Waals surface area contributed by atoms with Gasteiger partial charge in [0.25, 0.3) is 0 Å². The fraction of sp³-hybridized carbons (Fsp3) is 0.182. The number of benzene rings is 1. The van der Waals surface area contributed by atoms with E-state index in [-0.39, 0.29) is 17.3 Å². The summed E-state index contributed by atoms with van der Waals surface area (Å²) in [5, 5.41) is 0.0539. The van der Waals surface area contributed by atoms with Gasteiger partial charge in [0, 0.05) is 16.4 Å². The Morgan fingerprint density at radius 2 is 2.20 bits per heavy atom. The first-order valence-electron chi connectivity index (χ1n) is 5.44. The third-order valence-corrected chi connectivity index (χ3v) is 5.14. The summed E-state index contributed by atoms with van der Waals surface area (Å²) in [6.07, 6.45) is 0. The van der Waals surface area contributed by atoms with Gasteiger partial charge in [0.05, 0.1) is 16.9 Å².